The molecule has 2 heterocycles. The molecule has 0 aliphatic heterocycles. The molecule has 4 aromatic rings. The Kier molecular flexibility index (Phi) is 6.45. The summed E-state index contributed by atoms with van der Waals surface area (Å²) in [4.78, 5) is 42.0. The normalized spacial score (nSPS) is 10.7. The van der Waals surface area contributed by atoms with Crippen LogP contribution in [0.4, 0.5) is 16.2 Å². The maximum atomic E-state index is 12.6. The maximum Gasteiger partial charge on any atom is 0.339 e. The second-order valence-corrected chi connectivity index (χ2v) is 8.00. The molecule has 2 aromatic heterocycles. The molecule has 33 heavy (non-hydrogen) atoms. The lowest BCUT2D eigenvalue weighted by Gasteiger charge is -2.13. The number of esters is 1. The van der Waals surface area contributed by atoms with E-state index in [4.69, 9.17) is 9.26 Å². The molecule has 0 unspecified atom stereocenters. The molecular weight excluding hydrogens is 444 g/mol. The molecule has 2 N–H and O–H groups in total. The van der Waals surface area contributed by atoms with E-state index in [9.17, 15) is 14.4 Å². The molecule has 4 rings (SSSR count). The Balaban J connectivity index is 1.48. The number of aromatic nitrogens is 2. The van der Waals surface area contributed by atoms with Crippen molar-refractivity contribution in [2.75, 3.05) is 17.7 Å². The zero-order valence-corrected chi connectivity index (χ0v) is 18.6. The number of nitrogens with zero attached hydrogens (tertiary/aromatic N) is 2. The van der Waals surface area contributed by atoms with Crippen LogP contribution in [0.1, 0.15) is 21.8 Å². The molecule has 168 valence electrons. The highest BCUT2D eigenvalue weighted by Gasteiger charge is 2.14. The van der Waals surface area contributed by atoms with Crippen LogP contribution in [0.15, 0.2) is 74.9 Å². The van der Waals surface area contributed by atoms with Crippen molar-refractivity contribution in [1.29, 1.82) is 0 Å². The number of carbonyl (C=O) groups is 2. The van der Waals surface area contributed by atoms with Crippen LogP contribution >= 0.6 is 11.8 Å². The first kappa shape index (κ1) is 22.2. The molecule has 0 aliphatic carbocycles. The van der Waals surface area contributed by atoms with Gasteiger partial charge in [0.05, 0.1) is 29.7 Å². The van der Waals surface area contributed by atoms with Crippen LogP contribution in [0.5, 0.6) is 0 Å². The Bertz CT molecular complexity index is 1400. The van der Waals surface area contributed by atoms with E-state index < -0.39 is 12.0 Å². The van der Waals surface area contributed by atoms with E-state index in [-0.39, 0.29) is 11.1 Å². The minimum atomic E-state index is -0.546. The van der Waals surface area contributed by atoms with Crippen LogP contribution in [0.3, 0.4) is 0 Å². The standard InChI is InChI=1S/C23H20N4O5S/c1-14-11-20-24-15(12-21(28)27(20)32-14)13-33-19-10-6-5-9-18(19)26-23(30)25-17-8-4-3-7-16(17)22(29)31-2/h3-12H,13H2,1-2H3,(H2,25,26,30). The average Bonchev–Trinajstić information content (AvgIpc) is 3.19. The minimum absolute atomic E-state index is 0.250. The van der Waals surface area contributed by atoms with Crippen molar-refractivity contribution >= 4 is 40.8 Å². The van der Waals surface area contributed by atoms with E-state index in [2.05, 4.69) is 15.6 Å². The lowest BCUT2D eigenvalue weighted by molar-refractivity contribution is 0.0602. The summed E-state index contributed by atoms with van der Waals surface area (Å²) in [6, 6.07) is 16.5. The third kappa shape index (κ3) is 5.07. The van der Waals surface area contributed by atoms with Gasteiger partial charge in [0.2, 0.25) is 0 Å². The zero-order chi connectivity index (χ0) is 23.4. The van der Waals surface area contributed by atoms with E-state index >= 15 is 0 Å². The number of urea groups is 1. The third-order valence-corrected chi connectivity index (χ3v) is 5.72. The van der Waals surface area contributed by atoms with Gasteiger partial charge in [0.25, 0.3) is 5.56 Å². The molecule has 10 heteroatoms. The second kappa shape index (κ2) is 9.61. The lowest BCUT2D eigenvalue weighted by atomic mass is 10.2. The van der Waals surface area contributed by atoms with Crippen LogP contribution in [-0.4, -0.2) is 28.7 Å². The van der Waals surface area contributed by atoms with E-state index in [0.717, 1.165) is 9.47 Å². The van der Waals surface area contributed by atoms with E-state index in [1.54, 1.807) is 49.4 Å². The molecule has 0 saturated carbocycles. The molecule has 2 aromatic carbocycles. The first-order valence-corrected chi connectivity index (χ1v) is 10.9. The number of fused-ring (bicyclic) bond motifs is 1. The summed E-state index contributed by atoms with van der Waals surface area (Å²) in [5.74, 6) is 0.468. The van der Waals surface area contributed by atoms with Gasteiger partial charge in [-0.25, -0.2) is 14.6 Å². The number of ether oxygens (including phenoxy) is 1. The number of hydrogen-bond donors (Lipinski definition) is 2. The Hall–Kier alpha value is -4.05. The number of rotatable bonds is 6. The van der Waals surface area contributed by atoms with Gasteiger partial charge >= 0.3 is 12.0 Å². The van der Waals surface area contributed by atoms with Gasteiger partial charge in [-0.05, 0) is 31.2 Å². The topological polar surface area (TPSA) is 115 Å². The van der Waals surface area contributed by atoms with Crippen molar-refractivity contribution in [3.8, 4) is 0 Å². The van der Waals surface area contributed by atoms with Crippen molar-refractivity contribution < 1.29 is 18.8 Å². The molecule has 0 aliphatic rings. The number of hydrogen-bond acceptors (Lipinski definition) is 7. The Morgan fingerprint density at radius 2 is 1.76 bits per heavy atom. The maximum absolute atomic E-state index is 12.6. The fraction of sp³-hybridized carbons (Fsp3) is 0.130. The van der Waals surface area contributed by atoms with Crippen LogP contribution in [0.25, 0.3) is 5.65 Å². The van der Waals surface area contributed by atoms with Gasteiger partial charge in [-0.3, -0.25) is 4.79 Å². The van der Waals surface area contributed by atoms with Gasteiger partial charge in [0.1, 0.15) is 5.76 Å². The minimum Gasteiger partial charge on any atom is -0.465 e. The number of aryl methyl sites for hydroxylation is 1. The summed E-state index contributed by atoms with van der Waals surface area (Å²) in [5.41, 5.74) is 1.91. The molecular formula is C23H20N4O5S. The number of benzene rings is 2. The number of thioether (sulfide) groups is 1. The summed E-state index contributed by atoms with van der Waals surface area (Å²) in [6.45, 7) is 1.75. The first-order valence-electron chi connectivity index (χ1n) is 9.91. The molecule has 0 radical (unpaired) electrons. The second-order valence-electron chi connectivity index (χ2n) is 6.99. The smallest absolute Gasteiger partial charge is 0.339 e. The van der Waals surface area contributed by atoms with E-state index in [0.29, 0.717) is 34.2 Å². The Morgan fingerprint density at radius 3 is 2.55 bits per heavy atom. The molecule has 0 bridgehead atoms. The summed E-state index contributed by atoms with van der Waals surface area (Å²) < 4.78 is 11.2. The number of anilines is 2. The van der Waals surface area contributed by atoms with Gasteiger partial charge in [-0.15, -0.1) is 16.3 Å². The summed E-state index contributed by atoms with van der Waals surface area (Å²) in [6.07, 6.45) is 0. The van der Waals surface area contributed by atoms with Crippen LogP contribution in [-0.2, 0) is 10.5 Å². The van der Waals surface area contributed by atoms with Crippen molar-refractivity contribution in [2.24, 2.45) is 0 Å². The molecule has 0 atom stereocenters. The van der Waals surface area contributed by atoms with Crippen molar-refractivity contribution in [3.05, 3.63) is 88.0 Å². The van der Waals surface area contributed by atoms with Gasteiger partial charge in [0, 0.05) is 22.8 Å². The molecule has 2 amide bonds. The molecule has 0 spiro atoms. The van der Waals surface area contributed by atoms with Crippen LogP contribution in [0, 0.1) is 6.92 Å². The van der Waals surface area contributed by atoms with E-state index in [1.165, 1.54) is 24.9 Å². The fourth-order valence-electron chi connectivity index (χ4n) is 3.15. The van der Waals surface area contributed by atoms with Crippen molar-refractivity contribution in [2.45, 2.75) is 17.6 Å². The molecule has 0 fully saturated rings. The first-order chi connectivity index (χ1) is 15.9. The predicted octanol–water partition coefficient (Wildman–Crippen LogP) is 4.32. The number of para-hydroxylation sites is 2. The highest BCUT2D eigenvalue weighted by molar-refractivity contribution is 7.98. The quantitative estimate of drug-likeness (QED) is 0.323. The third-order valence-electron chi connectivity index (χ3n) is 4.62. The van der Waals surface area contributed by atoms with Gasteiger partial charge < -0.3 is 19.9 Å². The SMILES string of the molecule is COC(=O)c1ccccc1NC(=O)Nc1ccccc1SCc1cc(=O)n2oc(C)cc2n1. The predicted molar refractivity (Wildman–Crippen MR) is 125 cm³/mol. The summed E-state index contributed by atoms with van der Waals surface area (Å²) >= 11 is 1.43. The number of methoxy groups -OCH3 is 1. The van der Waals surface area contributed by atoms with Gasteiger partial charge in [-0.1, -0.05) is 24.3 Å². The number of carbonyl (C=O) groups excluding carboxylic acids is 2. The van der Waals surface area contributed by atoms with Crippen LogP contribution in [0.2, 0.25) is 0 Å². The highest BCUT2D eigenvalue weighted by Crippen LogP contribution is 2.29. The van der Waals surface area contributed by atoms with Crippen LogP contribution < -0.4 is 16.2 Å². The molecule has 0 saturated heterocycles. The average molecular weight is 465 g/mol. The fourth-order valence-corrected chi connectivity index (χ4v) is 4.05. The monoisotopic (exact) mass is 464 g/mol. The molecule has 9 nitrogen and oxygen atoms in total. The lowest BCUT2D eigenvalue weighted by Crippen LogP contribution is -2.21. The summed E-state index contributed by atoms with van der Waals surface area (Å²) in [7, 11) is 1.28. The van der Waals surface area contributed by atoms with E-state index in [1.807, 2.05) is 12.1 Å². The van der Waals surface area contributed by atoms with Gasteiger partial charge in [0.15, 0.2) is 5.65 Å². The number of nitrogens with one attached hydrogen (secondary N) is 2. The summed E-state index contributed by atoms with van der Waals surface area (Å²) in [5, 5.41) is 5.48. The zero-order valence-electron chi connectivity index (χ0n) is 17.8. The largest absolute Gasteiger partial charge is 0.465 e. The van der Waals surface area contributed by atoms with Crippen molar-refractivity contribution in [3.63, 3.8) is 0 Å². The number of amides is 2. The Morgan fingerprint density at radius 1 is 1.06 bits per heavy atom. The van der Waals surface area contributed by atoms with Gasteiger partial charge in [-0.2, -0.15) is 0 Å². The van der Waals surface area contributed by atoms with Crippen molar-refractivity contribution in [1.82, 2.24) is 9.56 Å². The highest BCUT2D eigenvalue weighted by atomic mass is 32.2. The Labute approximate surface area is 192 Å².